The van der Waals surface area contributed by atoms with Crippen LogP contribution >= 0.6 is 0 Å². The molecule has 0 aliphatic heterocycles. The van der Waals surface area contributed by atoms with Gasteiger partial charge in [-0.1, -0.05) is 12.1 Å². The van der Waals surface area contributed by atoms with E-state index in [4.69, 9.17) is 15.2 Å². The number of ketones is 1. The molecule has 4 N–H and O–H groups in total. The molecule has 2 heterocycles. The SMILES string of the molecule is COc1cc(OC)cc(C(=O)c2c[nH]c3nc(Nc4c(C)cccc4N)ccc23)c1. The molecule has 7 nitrogen and oxygen atoms in total. The molecule has 0 spiro atoms. The molecular formula is C23H22N4O3. The number of fused-ring (bicyclic) bond motifs is 1. The average molecular weight is 402 g/mol. The van der Waals surface area contributed by atoms with Crippen molar-refractivity contribution in [3.05, 3.63) is 71.4 Å². The van der Waals surface area contributed by atoms with Gasteiger partial charge < -0.3 is 25.5 Å². The molecule has 152 valence electrons. The van der Waals surface area contributed by atoms with Crippen LogP contribution in [0.5, 0.6) is 11.5 Å². The molecule has 0 aliphatic rings. The molecule has 0 bridgehead atoms. The summed E-state index contributed by atoms with van der Waals surface area (Å²) in [6.45, 7) is 1.98. The van der Waals surface area contributed by atoms with Gasteiger partial charge >= 0.3 is 0 Å². The summed E-state index contributed by atoms with van der Waals surface area (Å²) in [6.07, 6.45) is 1.66. The second-order valence-electron chi connectivity index (χ2n) is 6.89. The number of benzene rings is 2. The van der Waals surface area contributed by atoms with Crippen LogP contribution in [0.15, 0.2) is 54.7 Å². The number of hydrogen-bond acceptors (Lipinski definition) is 6. The minimum atomic E-state index is -0.149. The number of ether oxygens (including phenoxy) is 2. The number of rotatable bonds is 6. The van der Waals surface area contributed by atoms with Gasteiger partial charge in [-0.15, -0.1) is 0 Å². The lowest BCUT2D eigenvalue weighted by atomic mass is 10.0. The number of carbonyl (C=O) groups excluding carboxylic acids is 1. The Bertz CT molecular complexity index is 1200. The van der Waals surface area contributed by atoms with Crippen molar-refractivity contribution in [1.29, 1.82) is 0 Å². The van der Waals surface area contributed by atoms with E-state index in [1.54, 1.807) is 38.6 Å². The lowest BCUT2D eigenvalue weighted by Gasteiger charge is -2.11. The average Bonchev–Trinajstić information content (AvgIpc) is 3.18. The van der Waals surface area contributed by atoms with Crippen molar-refractivity contribution < 1.29 is 14.3 Å². The number of aryl methyl sites for hydroxylation is 1. The van der Waals surface area contributed by atoms with E-state index in [1.165, 1.54) is 0 Å². The highest BCUT2D eigenvalue weighted by Crippen LogP contribution is 2.29. The van der Waals surface area contributed by atoms with Crippen LogP contribution in [0.3, 0.4) is 0 Å². The van der Waals surface area contributed by atoms with Gasteiger partial charge in [0.15, 0.2) is 5.78 Å². The van der Waals surface area contributed by atoms with Gasteiger partial charge in [0, 0.05) is 28.8 Å². The summed E-state index contributed by atoms with van der Waals surface area (Å²) in [5.41, 5.74) is 10.2. The molecule has 7 heteroatoms. The van der Waals surface area contributed by atoms with Crippen molar-refractivity contribution in [2.24, 2.45) is 0 Å². The first-order chi connectivity index (χ1) is 14.5. The number of nitrogens with zero attached hydrogens (tertiary/aromatic N) is 1. The lowest BCUT2D eigenvalue weighted by Crippen LogP contribution is -2.02. The largest absolute Gasteiger partial charge is 0.497 e. The molecule has 30 heavy (non-hydrogen) atoms. The fourth-order valence-electron chi connectivity index (χ4n) is 3.35. The number of hydrogen-bond donors (Lipinski definition) is 3. The maximum absolute atomic E-state index is 13.1. The Kier molecular flexibility index (Phi) is 5.02. The van der Waals surface area contributed by atoms with Gasteiger partial charge in [-0.25, -0.2) is 4.98 Å². The Morgan fingerprint density at radius 1 is 1.07 bits per heavy atom. The van der Waals surface area contributed by atoms with Gasteiger partial charge in [-0.05, 0) is 42.8 Å². The second-order valence-corrected chi connectivity index (χ2v) is 6.89. The number of anilines is 3. The topological polar surface area (TPSA) is 102 Å². The van der Waals surface area contributed by atoms with Gasteiger partial charge in [0.1, 0.15) is 23.0 Å². The van der Waals surface area contributed by atoms with Crippen LogP contribution in [0.4, 0.5) is 17.2 Å². The molecule has 0 amide bonds. The number of nitrogen functional groups attached to an aromatic ring is 1. The monoisotopic (exact) mass is 402 g/mol. The standard InChI is InChI=1S/C23H22N4O3/c1-13-5-4-6-19(24)21(13)26-20-8-7-17-18(12-25-23(17)27-20)22(28)14-9-15(29-2)11-16(10-14)30-3/h4-12H,24H2,1-3H3,(H2,25,26,27). The number of aromatic amines is 1. The predicted octanol–water partition coefficient (Wildman–Crippen LogP) is 4.45. The molecule has 0 aliphatic carbocycles. The van der Waals surface area contributed by atoms with E-state index in [0.29, 0.717) is 39.8 Å². The van der Waals surface area contributed by atoms with Crippen LogP contribution in [-0.2, 0) is 0 Å². The minimum absolute atomic E-state index is 0.149. The molecular weight excluding hydrogens is 380 g/mol. The van der Waals surface area contributed by atoms with Crippen LogP contribution in [0, 0.1) is 6.92 Å². The number of para-hydroxylation sites is 1. The first-order valence-electron chi connectivity index (χ1n) is 9.38. The molecule has 0 saturated carbocycles. The highest BCUT2D eigenvalue weighted by Gasteiger charge is 2.17. The van der Waals surface area contributed by atoms with E-state index in [0.717, 1.165) is 16.6 Å². The molecule has 2 aromatic carbocycles. The predicted molar refractivity (Wildman–Crippen MR) is 118 cm³/mol. The van der Waals surface area contributed by atoms with Crippen LogP contribution in [0.25, 0.3) is 11.0 Å². The minimum Gasteiger partial charge on any atom is -0.497 e. The first kappa shape index (κ1) is 19.3. The van der Waals surface area contributed by atoms with Crippen molar-refractivity contribution in [1.82, 2.24) is 9.97 Å². The van der Waals surface area contributed by atoms with Crippen LogP contribution in [0.2, 0.25) is 0 Å². The summed E-state index contributed by atoms with van der Waals surface area (Å²) >= 11 is 0. The zero-order chi connectivity index (χ0) is 21.3. The maximum Gasteiger partial charge on any atom is 0.195 e. The third kappa shape index (κ3) is 3.53. The van der Waals surface area contributed by atoms with Gasteiger partial charge in [-0.2, -0.15) is 0 Å². The van der Waals surface area contributed by atoms with Crippen LogP contribution < -0.4 is 20.5 Å². The Morgan fingerprint density at radius 2 is 1.80 bits per heavy atom. The third-order valence-electron chi connectivity index (χ3n) is 4.95. The highest BCUT2D eigenvalue weighted by atomic mass is 16.5. The van der Waals surface area contributed by atoms with Crippen molar-refractivity contribution >= 4 is 34.0 Å². The fourth-order valence-corrected chi connectivity index (χ4v) is 3.35. The van der Waals surface area contributed by atoms with E-state index in [2.05, 4.69) is 15.3 Å². The van der Waals surface area contributed by atoms with E-state index in [1.807, 2.05) is 37.3 Å². The lowest BCUT2D eigenvalue weighted by molar-refractivity contribution is 0.103. The van der Waals surface area contributed by atoms with E-state index in [-0.39, 0.29) is 5.78 Å². The number of pyridine rings is 1. The second kappa shape index (κ2) is 7.79. The molecule has 0 fully saturated rings. The molecule has 4 aromatic rings. The summed E-state index contributed by atoms with van der Waals surface area (Å²) in [5.74, 6) is 1.59. The van der Waals surface area contributed by atoms with E-state index >= 15 is 0 Å². The van der Waals surface area contributed by atoms with Crippen molar-refractivity contribution in [3.8, 4) is 11.5 Å². The van der Waals surface area contributed by atoms with Crippen LogP contribution in [-0.4, -0.2) is 30.0 Å². The normalized spacial score (nSPS) is 10.8. The van der Waals surface area contributed by atoms with E-state index in [9.17, 15) is 4.79 Å². The zero-order valence-electron chi connectivity index (χ0n) is 16.9. The molecule has 0 radical (unpaired) electrons. The van der Waals surface area contributed by atoms with Crippen LogP contribution in [0.1, 0.15) is 21.5 Å². The summed E-state index contributed by atoms with van der Waals surface area (Å²) in [6, 6.07) is 14.5. The number of nitrogens with one attached hydrogen (secondary N) is 2. The Morgan fingerprint density at radius 3 is 2.47 bits per heavy atom. The molecule has 2 aromatic heterocycles. The van der Waals surface area contributed by atoms with Crippen molar-refractivity contribution in [3.63, 3.8) is 0 Å². The number of nitrogens with two attached hydrogens (primary N) is 1. The zero-order valence-corrected chi connectivity index (χ0v) is 16.9. The Labute approximate surface area is 173 Å². The number of methoxy groups -OCH3 is 2. The van der Waals surface area contributed by atoms with Gasteiger partial charge in [0.25, 0.3) is 0 Å². The molecule has 0 unspecified atom stereocenters. The summed E-state index contributed by atoms with van der Waals surface area (Å²) in [5, 5.41) is 3.99. The van der Waals surface area contributed by atoms with Crippen molar-refractivity contribution in [2.45, 2.75) is 6.92 Å². The third-order valence-corrected chi connectivity index (χ3v) is 4.95. The Hall–Kier alpha value is -4.00. The number of H-pyrrole nitrogens is 1. The van der Waals surface area contributed by atoms with E-state index < -0.39 is 0 Å². The first-order valence-corrected chi connectivity index (χ1v) is 9.38. The Balaban J connectivity index is 1.68. The summed E-state index contributed by atoms with van der Waals surface area (Å²) in [4.78, 5) is 20.8. The quantitative estimate of drug-likeness (QED) is 0.325. The van der Waals surface area contributed by atoms with Gasteiger partial charge in [0.05, 0.1) is 25.6 Å². The summed E-state index contributed by atoms with van der Waals surface area (Å²) in [7, 11) is 3.10. The number of carbonyl (C=O) groups is 1. The van der Waals surface area contributed by atoms with Crippen molar-refractivity contribution in [2.75, 3.05) is 25.3 Å². The molecule has 4 rings (SSSR count). The van der Waals surface area contributed by atoms with Gasteiger partial charge in [-0.3, -0.25) is 4.79 Å². The smallest absolute Gasteiger partial charge is 0.195 e. The fraction of sp³-hybridized carbons (Fsp3) is 0.130. The number of aromatic nitrogens is 2. The highest BCUT2D eigenvalue weighted by molar-refractivity contribution is 6.16. The van der Waals surface area contributed by atoms with Gasteiger partial charge in [0.2, 0.25) is 0 Å². The molecule has 0 saturated heterocycles. The summed E-state index contributed by atoms with van der Waals surface area (Å²) < 4.78 is 10.5. The molecule has 0 atom stereocenters. The maximum atomic E-state index is 13.1.